The molecule has 0 aliphatic carbocycles. The van der Waals surface area contributed by atoms with E-state index >= 15 is 0 Å². The number of phenols is 2. The molecule has 0 saturated heterocycles. The van der Waals surface area contributed by atoms with Gasteiger partial charge in [0, 0.05) is 12.1 Å². The van der Waals surface area contributed by atoms with Gasteiger partial charge in [0.25, 0.3) is 0 Å². The number of fused-ring (bicyclic) bond motifs is 2. The number of azo groups is 1. The number of carbonyl (C=O) groups excluding carboxylic acids is 1. The van der Waals surface area contributed by atoms with E-state index in [1.54, 1.807) is 0 Å². The molecule has 0 amide bonds. The number of carbonyl (C=O) groups is 4. The van der Waals surface area contributed by atoms with Gasteiger partial charge in [-0.1, -0.05) is 12.1 Å². The highest BCUT2D eigenvalue weighted by Crippen LogP contribution is 2.30. The number of phenolic OH excluding ortho intramolecular Hbond substituents is 1. The highest BCUT2D eigenvalue weighted by atomic mass is 16.6. The summed E-state index contributed by atoms with van der Waals surface area (Å²) in [7, 11) is 0. The van der Waals surface area contributed by atoms with Crippen molar-refractivity contribution in [2.24, 2.45) is 10.2 Å². The summed E-state index contributed by atoms with van der Waals surface area (Å²) in [4.78, 5) is 73.4. The maximum absolute atomic E-state index is 13.5. The number of aromatic hydroxyl groups is 2. The molecule has 278 valence electrons. The van der Waals surface area contributed by atoms with Gasteiger partial charge in [0.1, 0.15) is 69.3 Å². The van der Waals surface area contributed by atoms with E-state index in [2.05, 4.69) is 10.2 Å². The molecule has 2 heterocycles. The highest BCUT2D eigenvalue weighted by Gasteiger charge is 2.24. The summed E-state index contributed by atoms with van der Waals surface area (Å²) >= 11 is 0. The molecule has 4 aromatic carbocycles. The fraction of sp³-hybridized carbons (Fsp3) is 0.0811. The maximum atomic E-state index is 13.5. The lowest BCUT2D eigenvalue weighted by Crippen LogP contribution is -2.31. The molecule has 0 atom stereocenters. The predicted molar refractivity (Wildman–Crippen MR) is 186 cm³/mol. The Morgan fingerprint density at radius 3 is 1.51 bits per heavy atom. The molecule has 0 spiro atoms. The number of carboxylic acid groups (broad SMARTS) is 3. The Labute approximate surface area is 305 Å². The Hall–Kier alpha value is -8.02. The summed E-state index contributed by atoms with van der Waals surface area (Å²) < 4.78 is 28.0. The van der Waals surface area contributed by atoms with Gasteiger partial charge in [0.05, 0.1) is 11.4 Å². The standard InChI is InChI=1S/C37H24N2O16/c40-22-9-7-17(11-20(22)34(44)45)38-39-18-8-10-23(41)21(12-18)37(50)53-19(15-51-26-3-1-5-28-32(26)24(42)13-30(54-28)35(46)47)16-52-27-4-2-6-29-33(27)25(43)14-31(55-29)36(48)49/h1-14,19,40-41H,15-16H2,(H,44,45)(H,46,47)(H,48,49). The van der Waals surface area contributed by atoms with Crippen LogP contribution in [0.2, 0.25) is 0 Å². The molecule has 0 bridgehead atoms. The van der Waals surface area contributed by atoms with Crippen LogP contribution in [0.5, 0.6) is 23.0 Å². The third kappa shape index (κ3) is 8.07. The van der Waals surface area contributed by atoms with Crippen LogP contribution in [0.4, 0.5) is 11.4 Å². The van der Waals surface area contributed by atoms with Crippen molar-refractivity contribution < 1.29 is 67.8 Å². The quantitative estimate of drug-likeness (QED) is 0.0718. The normalized spacial score (nSPS) is 11.2. The fourth-order valence-electron chi connectivity index (χ4n) is 5.13. The van der Waals surface area contributed by atoms with E-state index in [4.69, 9.17) is 23.0 Å². The van der Waals surface area contributed by atoms with Crippen LogP contribution < -0.4 is 20.3 Å². The first-order valence-corrected chi connectivity index (χ1v) is 15.7. The van der Waals surface area contributed by atoms with Gasteiger partial charge in [0.2, 0.25) is 11.5 Å². The van der Waals surface area contributed by atoms with Gasteiger partial charge in [-0.3, -0.25) is 9.59 Å². The second kappa shape index (κ2) is 15.3. The number of carboxylic acids is 3. The number of hydrogen-bond acceptors (Lipinski definition) is 15. The first kappa shape index (κ1) is 36.8. The number of nitrogens with zero attached hydrogens (tertiary/aromatic N) is 2. The van der Waals surface area contributed by atoms with Crippen molar-refractivity contribution in [1.82, 2.24) is 0 Å². The molecule has 0 aliphatic rings. The van der Waals surface area contributed by atoms with Crippen molar-refractivity contribution in [2.75, 3.05) is 13.2 Å². The van der Waals surface area contributed by atoms with Crippen LogP contribution >= 0.6 is 0 Å². The lowest BCUT2D eigenvalue weighted by molar-refractivity contribution is 0.00268. The van der Waals surface area contributed by atoms with Crippen LogP contribution in [0, 0.1) is 0 Å². The number of ether oxygens (including phenoxy) is 3. The SMILES string of the molecule is O=C(O)c1cc(=O)c2c(OCC(COc3cccc4oc(C(=O)O)cc(=O)c34)OC(=O)c3cc(N=Nc4ccc(O)c(C(=O)O)c4)ccc3O)cccc2o1. The molecule has 5 N–H and O–H groups in total. The highest BCUT2D eigenvalue weighted by molar-refractivity contribution is 5.94. The first-order chi connectivity index (χ1) is 26.3. The van der Waals surface area contributed by atoms with E-state index in [0.717, 1.165) is 36.4 Å². The van der Waals surface area contributed by atoms with Crippen molar-refractivity contribution in [3.05, 3.63) is 128 Å². The van der Waals surface area contributed by atoms with Crippen molar-refractivity contribution in [3.63, 3.8) is 0 Å². The van der Waals surface area contributed by atoms with Gasteiger partial charge in [0.15, 0.2) is 17.0 Å². The number of esters is 1. The van der Waals surface area contributed by atoms with Crippen LogP contribution in [-0.2, 0) is 4.74 Å². The Morgan fingerprint density at radius 1 is 0.600 bits per heavy atom. The summed E-state index contributed by atoms with van der Waals surface area (Å²) in [5.74, 6) is -7.89. The summed E-state index contributed by atoms with van der Waals surface area (Å²) in [6, 6.07) is 16.8. The molecule has 0 saturated carbocycles. The van der Waals surface area contributed by atoms with Crippen molar-refractivity contribution >= 4 is 57.2 Å². The minimum absolute atomic E-state index is 0.0187. The molecule has 2 aromatic heterocycles. The molecule has 18 heteroatoms. The average molecular weight is 753 g/mol. The van der Waals surface area contributed by atoms with Crippen LogP contribution in [-0.4, -0.2) is 68.7 Å². The van der Waals surface area contributed by atoms with E-state index in [9.17, 15) is 54.3 Å². The summed E-state index contributed by atoms with van der Waals surface area (Å²) in [5.41, 5.74) is -2.48. The second-order valence-electron chi connectivity index (χ2n) is 11.4. The lowest BCUT2D eigenvalue weighted by atomic mass is 10.1. The van der Waals surface area contributed by atoms with Crippen LogP contribution in [0.25, 0.3) is 21.9 Å². The third-order valence-corrected chi connectivity index (χ3v) is 7.67. The van der Waals surface area contributed by atoms with Gasteiger partial charge >= 0.3 is 23.9 Å². The molecular formula is C37H24N2O16. The first-order valence-electron chi connectivity index (χ1n) is 15.7. The van der Waals surface area contributed by atoms with Gasteiger partial charge in [-0.15, -0.1) is 0 Å². The second-order valence-corrected chi connectivity index (χ2v) is 11.4. The third-order valence-electron chi connectivity index (χ3n) is 7.67. The van der Waals surface area contributed by atoms with Crippen molar-refractivity contribution in [2.45, 2.75) is 6.10 Å². The number of aromatic carboxylic acids is 3. The van der Waals surface area contributed by atoms with Crippen LogP contribution in [0.3, 0.4) is 0 Å². The molecule has 0 unspecified atom stereocenters. The zero-order valence-corrected chi connectivity index (χ0v) is 27.7. The minimum Gasteiger partial charge on any atom is -0.507 e. The van der Waals surface area contributed by atoms with Crippen molar-refractivity contribution in [1.29, 1.82) is 0 Å². The summed E-state index contributed by atoms with van der Waals surface area (Å²) in [5, 5.41) is 55.8. The monoisotopic (exact) mass is 752 g/mol. The Balaban J connectivity index is 1.29. The van der Waals surface area contributed by atoms with Crippen molar-refractivity contribution in [3.8, 4) is 23.0 Å². The van der Waals surface area contributed by atoms with Gasteiger partial charge in [-0.05, 0) is 60.7 Å². The Kier molecular flexibility index (Phi) is 10.2. The zero-order chi connectivity index (χ0) is 39.4. The molecule has 0 fully saturated rings. The van der Waals surface area contributed by atoms with E-state index in [0.29, 0.717) is 0 Å². The smallest absolute Gasteiger partial charge is 0.371 e. The topological polar surface area (TPSA) is 282 Å². The van der Waals surface area contributed by atoms with E-state index < -0.39 is 88.2 Å². The van der Waals surface area contributed by atoms with Crippen LogP contribution in [0.15, 0.2) is 114 Å². The van der Waals surface area contributed by atoms with Gasteiger partial charge in [-0.2, -0.15) is 10.2 Å². The molecule has 55 heavy (non-hydrogen) atoms. The summed E-state index contributed by atoms with van der Waals surface area (Å²) in [6.07, 6.45) is -1.37. The number of hydrogen-bond donors (Lipinski definition) is 5. The Morgan fingerprint density at radius 2 is 1.05 bits per heavy atom. The van der Waals surface area contributed by atoms with Crippen LogP contribution in [0.1, 0.15) is 41.8 Å². The predicted octanol–water partition coefficient (Wildman–Crippen LogP) is 5.50. The Bertz CT molecular complexity index is 2560. The van der Waals surface area contributed by atoms with Gasteiger partial charge < -0.3 is 48.6 Å². The molecule has 0 aliphatic heterocycles. The molecular weight excluding hydrogens is 728 g/mol. The van der Waals surface area contributed by atoms with E-state index in [1.807, 2.05) is 0 Å². The molecule has 0 radical (unpaired) electrons. The average Bonchev–Trinajstić information content (AvgIpc) is 3.15. The summed E-state index contributed by atoms with van der Waals surface area (Å²) in [6.45, 7) is -1.05. The fourth-order valence-corrected chi connectivity index (χ4v) is 5.13. The number of benzene rings is 4. The molecule has 6 rings (SSSR count). The largest absolute Gasteiger partial charge is 0.507 e. The minimum atomic E-state index is -1.47. The lowest BCUT2D eigenvalue weighted by Gasteiger charge is -2.20. The molecule has 18 nitrogen and oxygen atoms in total. The number of rotatable bonds is 13. The van der Waals surface area contributed by atoms with E-state index in [1.165, 1.54) is 48.5 Å². The van der Waals surface area contributed by atoms with Gasteiger partial charge in [-0.25, -0.2) is 19.2 Å². The molecule has 6 aromatic rings. The van der Waals surface area contributed by atoms with E-state index in [-0.39, 0.29) is 44.8 Å². The zero-order valence-electron chi connectivity index (χ0n) is 27.7. The maximum Gasteiger partial charge on any atom is 0.371 e.